The van der Waals surface area contributed by atoms with Gasteiger partial charge >= 0.3 is 0 Å². The Hall–Kier alpha value is -2.76. The normalized spacial score (nSPS) is 16.8. The number of nitrogens with zero attached hydrogens (tertiary/aromatic N) is 1. The van der Waals surface area contributed by atoms with Crippen LogP contribution < -0.4 is 5.32 Å². The molecule has 0 radical (unpaired) electrons. The highest BCUT2D eigenvalue weighted by molar-refractivity contribution is 8.18. The molecule has 4 rings (SSSR count). The van der Waals surface area contributed by atoms with E-state index in [9.17, 15) is 4.79 Å². The van der Waals surface area contributed by atoms with Crippen LogP contribution in [-0.4, -0.2) is 11.1 Å². The number of hydrogen-bond donors (Lipinski definition) is 1. The molecule has 0 unspecified atom stereocenters. The molecule has 4 nitrogen and oxygen atoms in total. The lowest BCUT2D eigenvalue weighted by Crippen LogP contribution is -2.19. The highest BCUT2D eigenvalue weighted by Gasteiger charge is 2.24. The number of carbonyl (C=O) groups is 1. The fourth-order valence-electron chi connectivity index (χ4n) is 2.94. The molecule has 1 aliphatic heterocycles. The number of thioether (sulfide) groups is 1. The summed E-state index contributed by atoms with van der Waals surface area (Å²) in [5, 5.41) is 4.04. The van der Waals surface area contributed by atoms with Crippen LogP contribution in [0.25, 0.3) is 17.4 Å². The van der Waals surface area contributed by atoms with Gasteiger partial charge in [0.15, 0.2) is 5.17 Å². The van der Waals surface area contributed by atoms with Crippen LogP contribution in [0.1, 0.15) is 16.9 Å². The van der Waals surface area contributed by atoms with Crippen LogP contribution in [0.4, 0.5) is 5.69 Å². The Morgan fingerprint density at radius 2 is 1.75 bits per heavy atom. The van der Waals surface area contributed by atoms with Crippen molar-refractivity contribution in [3.63, 3.8) is 0 Å². The number of rotatable bonds is 3. The first-order valence-corrected chi connectivity index (χ1v) is 9.89. The predicted molar refractivity (Wildman–Crippen MR) is 116 cm³/mol. The van der Waals surface area contributed by atoms with Crippen LogP contribution >= 0.6 is 23.4 Å². The first-order chi connectivity index (χ1) is 13.5. The summed E-state index contributed by atoms with van der Waals surface area (Å²) in [6.07, 6.45) is 1.73. The van der Waals surface area contributed by atoms with E-state index in [0.29, 0.717) is 20.9 Å². The summed E-state index contributed by atoms with van der Waals surface area (Å²) in [6, 6.07) is 17.2. The quantitative estimate of drug-likeness (QED) is 0.532. The number of aliphatic imine (C=N–C) groups is 1. The van der Waals surface area contributed by atoms with E-state index >= 15 is 0 Å². The third kappa shape index (κ3) is 4.21. The Bertz CT molecular complexity index is 1090. The first kappa shape index (κ1) is 18.6. The molecule has 1 N–H and O–H groups in total. The van der Waals surface area contributed by atoms with Gasteiger partial charge in [0.2, 0.25) is 0 Å². The molecule has 3 aromatic rings. The number of halogens is 1. The minimum atomic E-state index is -0.183. The lowest BCUT2D eigenvalue weighted by atomic mass is 10.1. The predicted octanol–water partition coefficient (Wildman–Crippen LogP) is 6.11. The average molecular weight is 409 g/mol. The van der Waals surface area contributed by atoms with E-state index in [2.05, 4.69) is 16.4 Å². The highest BCUT2D eigenvalue weighted by atomic mass is 35.5. The van der Waals surface area contributed by atoms with Gasteiger partial charge in [0.05, 0.1) is 10.6 Å². The minimum Gasteiger partial charge on any atom is -0.457 e. The molecule has 0 aliphatic carbocycles. The number of aryl methyl sites for hydroxylation is 2. The summed E-state index contributed by atoms with van der Waals surface area (Å²) < 4.78 is 5.85. The summed E-state index contributed by atoms with van der Waals surface area (Å²) in [5.74, 6) is 1.14. The van der Waals surface area contributed by atoms with Gasteiger partial charge in [0.25, 0.3) is 5.91 Å². The Morgan fingerprint density at radius 1 is 1.04 bits per heavy atom. The van der Waals surface area contributed by atoms with Gasteiger partial charge in [0, 0.05) is 16.7 Å². The molecule has 28 heavy (non-hydrogen) atoms. The van der Waals surface area contributed by atoms with Crippen molar-refractivity contribution in [2.45, 2.75) is 13.8 Å². The number of amidine groups is 1. The van der Waals surface area contributed by atoms with Gasteiger partial charge in [-0.2, -0.15) is 0 Å². The van der Waals surface area contributed by atoms with Crippen molar-refractivity contribution in [1.29, 1.82) is 0 Å². The molecular weight excluding hydrogens is 392 g/mol. The number of furan rings is 1. The molecule has 0 spiro atoms. The van der Waals surface area contributed by atoms with E-state index in [1.807, 2.05) is 62.4 Å². The van der Waals surface area contributed by atoms with E-state index in [4.69, 9.17) is 16.0 Å². The van der Waals surface area contributed by atoms with Crippen LogP contribution in [0.5, 0.6) is 0 Å². The molecule has 1 saturated heterocycles. The van der Waals surface area contributed by atoms with E-state index in [0.717, 1.165) is 28.1 Å². The molecule has 2 aromatic carbocycles. The SMILES string of the molecule is Cc1cc(C)cc(N=C2NC(=O)C(=Cc3ccc(-c4ccc(Cl)cc4)o3)S2)c1. The van der Waals surface area contributed by atoms with Crippen molar-refractivity contribution in [2.75, 3.05) is 0 Å². The zero-order valence-electron chi connectivity index (χ0n) is 15.3. The third-order valence-corrected chi connectivity index (χ3v) is 5.28. The van der Waals surface area contributed by atoms with Crippen LogP contribution in [0.2, 0.25) is 5.02 Å². The third-order valence-electron chi connectivity index (χ3n) is 4.12. The molecular formula is C22H17ClN2O2S. The van der Waals surface area contributed by atoms with E-state index in [1.54, 1.807) is 6.08 Å². The standard InChI is InChI=1S/C22H17ClN2O2S/c1-13-9-14(2)11-17(10-13)24-22-25-21(26)20(28-22)12-18-7-8-19(27-18)15-3-5-16(23)6-4-15/h3-12H,1-2H3,(H,24,25,26). The molecule has 140 valence electrons. The molecule has 0 saturated carbocycles. The number of benzene rings is 2. The Balaban J connectivity index is 1.55. The van der Waals surface area contributed by atoms with Crippen molar-refractivity contribution in [3.8, 4) is 11.3 Å². The molecule has 1 aromatic heterocycles. The van der Waals surface area contributed by atoms with Crippen LogP contribution in [0, 0.1) is 13.8 Å². The number of hydrogen-bond acceptors (Lipinski definition) is 4. The second-order valence-electron chi connectivity index (χ2n) is 6.54. The van der Waals surface area contributed by atoms with Crippen LogP contribution in [0.15, 0.2) is 68.9 Å². The number of carbonyl (C=O) groups excluding carboxylic acids is 1. The second-order valence-corrected chi connectivity index (χ2v) is 8.00. The van der Waals surface area contributed by atoms with Crippen molar-refractivity contribution < 1.29 is 9.21 Å². The summed E-state index contributed by atoms with van der Waals surface area (Å²) >= 11 is 7.22. The Kier molecular flexibility index (Phi) is 5.11. The van der Waals surface area contributed by atoms with Gasteiger partial charge in [-0.05, 0) is 85.3 Å². The van der Waals surface area contributed by atoms with Crippen LogP contribution in [-0.2, 0) is 4.79 Å². The smallest absolute Gasteiger partial charge is 0.264 e. The molecule has 1 amide bonds. The zero-order valence-corrected chi connectivity index (χ0v) is 16.9. The summed E-state index contributed by atoms with van der Waals surface area (Å²) in [4.78, 5) is 17.4. The van der Waals surface area contributed by atoms with Gasteiger partial charge < -0.3 is 9.73 Å². The molecule has 0 bridgehead atoms. The zero-order chi connectivity index (χ0) is 19.7. The monoisotopic (exact) mass is 408 g/mol. The maximum Gasteiger partial charge on any atom is 0.264 e. The lowest BCUT2D eigenvalue weighted by molar-refractivity contribution is -0.115. The van der Waals surface area contributed by atoms with E-state index < -0.39 is 0 Å². The maximum absolute atomic E-state index is 12.3. The first-order valence-electron chi connectivity index (χ1n) is 8.70. The van der Waals surface area contributed by atoms with Gasteiger partial charge in [-0.1, -0.05) is 17.7 Å². The largest absolute Gasteiger partial charge is 0.457 e. The van der Waals surface area contributed by atoms with Crippen molar-refractivity contribution in [1.82, 2.24) is 5.32 Å². The molecule has 0 atom stereocenters. The topological polar surface area (TPSA) is 54.6 Å². The Morgan fingerprint density at radius 3 is 2.46 bits per heavy atom. The minimum absolute atomic E-state index is 0.183. The second kappa shape index (κ2) is 7.70. The molecule has 1 aliphatic rings. The van der Waals surface area contributed by atoms with Crippen molar-refractivity contribution in [3.05, 3.63) is 81.4 Å². The fourth-order valence-corrected chi connectivity index (χ4v) is 3.89. The summed E-state index contributed by atoms with van der Waals surface area (Å²) in [6.45, 7) is 4.05. The van der Waals surface area contributed by atoms with Gasteiger partial charge in [-0.25, -0.2) is 4.99 Å². The summed E-state index contributed by atoms with van der Waals surface area (Å²) in [7, 11) is 0. The summed E-state index contributed by atoms with van der Waals surface area (Å²) in [5.41, 5.74) is 4.02. The fraction of sp³-hybridized carbons (Fsp3) is 0.0909. The van der Waals surface area contributed by atoms with E-state index in [-0.39, 0.29) is 5.91 Å². The van der Waals surface area contributed by atoms with Crippen LogP contribution in [0.3, 0.4) is 0 Å². The van der Waals surface area contributed by atoms with Gasteiger partial charge in [-0.15, -0.1) is 0 Å². The Labute approximate surface area is 172 Å². The van der Waals surface area contributed by atoms with Gasteiger partial charge in [-0.3, -0.25) is 4.79 Å². The molecule has 6 heteroatoms. The molecule has 1 fully saturated rings. The number of amides is 1. The number of nitrogens with one attached hydrogen (secondary N) is 1. The average Bonchev–Trinajstić information content (AvgIpc) is 3.22. The van der Waals surface area contributed by atoms with Crippen molar-refractivity contribution >= 4 is 46.2 Å². The lowest BCUT2D eigenvalue weighted by Gasteiger charge is -2.00. The highest BCUT2D eigenvalue weighted by Crippen LogP contribution is 2.30. The van der Waals surface area contributed by atoms with Crippen molar-refractivity contribution in [2.24, 2.45) is 4.99 Å². The maximum atomic E-state index is 12.3. The van der Waals surface area contributed by atoms with Gasteiger partial charge in [0.1, 0.15) is 11.5 Å². The van der Waals surface area contributed by atoms with E-state index in [1.165, 1.54) is 11.8 Å². The molecule has 2 heterocycles.